The summed E-state index contributed by atoms with van der Waals surface area (Å²) in [6.07, 6.45) is 3.78. The fraction of sp³-hybridized carbons (Fsp3) is 0.312. The smallest absolute Gasteiger partial charge is 0.319 e. The molecular weight excluding hydrogens is 268 g/mol. The summed E-state index contributed by atoms with van der Waals surface area (Å²) in [4.78, 5) is 11.7. The van der Waals surface area contributed by atoms with E-state index in [4.69, 9.17) is 9.15 Å². The topological polar surface area (TPSA) is 63.5 Å². The van der Waals surface area contributed by atoms with Crippen molar-refractivity contribution in [3.63, 3.8) is 0 Å². The number of hydrogen-bond acceptors (Lipinski definition) is 3. The molecule has 0 bridgehead atoms. The second-order valence-corrected chi connectivity index (χ2v) is 5.15. The van der Waals surface area contributed by atoms with E-state index in [1.54, 1.807) is 6.26 Å². The van der Waals surface area contributed by atoms with Crippen LogP contribution in [-0.4, -0.2) is 12.1 Å². The summed E-state index contributed by atoms with van der Waals surface area (Å²) < 4.78 is 10.8. The van der Waals surface area contributed by atoms with Crippen LogP contribution in [0.2, 0.25) is 0 Å². The lowest BCUT2D eigenvalue weighted by molar-refractivity contribution is 0.0930. The largest absolute Gasteiger partial charge is 0.467 e. The summed E-state index contributed by atoms with van der Waals surface area (Å²) in [6.45, 7) is 0.910. The van der Waals surface area contributed by atoms with Crippen LogP contribution in [0.4, 0.5) is 10.5 Å². The maximum atomic E-state index is 11.7. The van der Waals surface area contributed by atoms with E-state index in [9.17, 15) is 4.79 Å². The standard InChI is InChI=1S/C16H18N2O3/c19-16(17-13-6-7-13)18-14-4-1-3-12(9-14)10-20-11-15-5-2-8-21-15/h1-5,8-9,13H,6-7,10-11H2,(H2,17,18,19). The highest BCUT2D eigenvalue weighted by Gasteiger charge is 2.23. The third-order valence-corrected chi connectivity index (χ3v) is 3.19. The van der Waals surface area contributed by atoms with Gasteiger partial charge in [-0.05, 0) is 42.7 Å². The van der Waals surface area contributed by atoms with Crippen molar-refractivity contribution in [2.24, 2.45) is 0 Å². The Hall–Kier alpha value is -2.27. The first-order valence-electron chi connectivity index (χ1n) is 7.06. The normalized spacial score (nSPS) is 13.9. The molecule has 2 amide bonds. The molecule has 0 atom stereocenters. The van der Waals surface area contributed by atoms with Crippen molar-refractivity contribution in [3.8, 4) is 0 Å². The molecule has 0 saturated heterocycles. The van der Waals surface area contributed by atoms with Crippen LogP contribution in [0, 0.1) is 0 Å². The third-order valence-electron chi connectivity index (χ3n) is 3.19. The molecule has 21 heavy (non-hydrogen) atoms. The van der Waals surface area contributed by atoms with Gasteiger partial charge >= 0.3 is 6.03 Å². The number of hydrogen-bond donors (Lipinski definition) is 2. The first-order valence-corrected chi connectivity index (χ1v) is 7.06. The van der Waals surface area contributed by atoms with E-state index < -0.39 is 0 Å². The maximum Gasteiger partial charge on any atom is 0.319 e. The molecular formula is C16H18N2O3. The zero-order valence-corrected chi connectivity index (χ0v) is 11.7. The van der Waals surface area contributed by atoms with E-state index in [1.165, 1.54) is 0 Å². The van der Waals surface area contributed by atoms with Gasteiger partial charge in [-0.25, -0.2) is 4.79 Å². The van der Waals surface area contributed by atoms with Gasteiger partial charge in [0.05, 0.1) is 12.9 Å². The molecule has 3 rings (SSSR count). The highest BCUT2D eigenvalue weighted by molar-refractivity contribution is 5.89. The Morgan fingerprint density at radius 2 is 2.14 bits per heavy atom. The van der Waals surface area contributed by atoms with Crippen LogP contribution < -0.4 is 10.6 Å². The van der Waals surface area contributed by atoms with E-state index >= 15 is 0 Å². The number of urea groups is 1. The van der Waals surface area contributed by atoms with E-state index in [0.29, 0.717) is 19.3 Å². The fourth-order valence-corrected chi connectivity index (χ4v) is 1.98. The molecule has 0 unspecified atom stereocenters. The molecule has 0 spiro atoms. The van der Waals surface area contributed by atoms with Crippen molar-refractivity contribution in [1.29, 1.82) is 0 Å². The quantitative estimate of drug-likeness (QED) is 0.856. The number of ether oxygens (including phenoxy) is 1. The number of amides is 2. The van der Waals surface area contributed by atoms with Crippen molar-refractivity contribution in [2.45, 2.75) is 32.1 Å². The predicted octanol–water partition coefficient (Wildman–Crippen LogP) is 3.28. The number of benzene rings is 1. The van der Waals surface area contributed by atoms with Crippen molar-refractivity contribution in [2.75, 3.05) is 5.32 Å². The Morgan fingerprint density at radius 3 is 2.90 bits per heavy atom. The Morgan fingerprint density at radius 1 is 1.24 bits per heavy atom. The summed E-state index contributed by atoms with van der Waals surface area (Å²) in [5.41, 5.74) is 1.78. The van der Waals surface area contributed by atoms with Gasteiger partial charge in [-0.15, -0.1) is 0 Å². The molecule has 1 fully saturated rings. The van der Waals surface area contributed by atoms with Crippen molar-refractivity contribution >= 4 is 11.7 Å². The lowest BCUT2D eigenvalue weighted by atomic mass is 10.2. The Kier molecular flexibility index (Phi) is 4.21. The van der Waals surface area contributed by atoms with Gasteiger partial charge in [-0.2, -0.15) is 0 Å². The number of nitrogens with one attached hydrogen (secondary N) is 2. The lowest BCUT2D eigenvalue weighted by Gasteiger charge is -2.08. The Bertz CT molecular complexity index is 591. The molecule has 0 radical (unpaired) electrons. The molecule has 2 N–H and O–H groups in total. The number of furan rings is 1. The van der Waals surface area contributed by atoms with Gasteiger partial charge in [0.2, 0.25) is 0 Å². The monoisotopic (exact) mass is 286 g/mol. The summed E-state index contributed by atoms with van der Waals surface area (Å²) in [5.74, 6) is 0.799. The molecule has 1 saturated carbocycles. The van der Waals surface area contributed by atoms with E-state index in [1.807, 2.05) is 36.4 Å². The van der Waals surface area contributed by atoms with E-state index in [-0.39, 0.29) is 6.03 Å². The van der Waals surface area contributed by atoms with Crippen LogP contribution in [0.25, 0.3) is 0 Å². The second kappa shape index (κ2) is 6.45. The minimum absolute atomic E-state index is 0.147. The maximum absolute atomic E-state index is 11.7. The molecule has 1 aliphatic carbocycles. The summed E-state index contributed by atoms with van der Waals surface area (Å²) in [6, 6.07) is 11.6. The average molecular weight is 286 g/mol. The number of carbonyl (C=O) groups excluding carboxylic acids is 1. The highest BCUT2D eigenvalue weighted by atomic mass is 16.5. The number of carbonyl (C=O) groups is 1. The Labute approximate surface area is 123 Å². The molecule has 110 valence electrons. The van der Waals surface area contributed by atoms with Crippen LogP contribution in [0.1, 0.15) is 24.2 Å². The minimum atomic E-state index is -0.147. The first kappa shape index (κ1) is 13.7. The molecule has 5 nitrogen and oxygen atoms in total. The van der Waals surface area contributed by atoms with E-state index in [2.05, 4.69) is 10.6 Å². The number of rotatable bonds is 6. The molecule has 1 aliphatic rings. The molecule has 1 aromatic heterocycles. The minimum Gasteiger partial charge on any atom is -0.467 e. The summed E-state index contributed by atoms with van der Waals surface area (Å²) >= 11 is 0. The van der Waals surface area contributed by atoms with E-state index in [0.717, 1.165) is 29.9 Å². The van der Waals surface area contributed by atoms with Crippen LogP contribution in [0.15, 0.2) is 47.1 Å². The molecule has 2 aromatic rings. The van der Waals surface area contributed by atoms with Gasteiger partial charge in [0.1, 0.15) is 12.4 Å². The van der Waals surface area contributed by atoms with Crippen LogP contribution >= 0.6 is 0 Å². The highest BCUT2D eigenvalue weighted by Crippen LogP contribution is 2.19. The molecule has 1 heterocycles. The SMILES string of the molecule is O=C(Nc1cccc(COCc2ccco2)c1)NC1CC1. The molecule has 1 aromatic carbocycles. The predicted molar refractivity (Wildman–Crippen MR) is 78.8 cm³/mol. The zero-order chi connectivity index (χ0) is 14.5. The van der Waals surface area contributed by atoms with Crippen LogP contribution in [0.5, 0.6) is 0 Å². The van der Waals surface area contributed by atoms with Gasteiger partial charge in [0.15, 0.2) is 0 Å². The zero-order valence-electron chi connectivity index (χ0n) is 11.7. The van der Waals surface area contributed by atoms with Gasteiger partial charge < -0.3 is 19.8 Å². The van der Waals surface area contributed by atoms with Crippen LogP contribution in [-0.2, 0) is 18.0 Å². The van der Waals surface area contributed by atoms with Gasteiger partial charge in [0, 0.05) is 11.7 Å². The van der Waals surface area contributed by atoms with Crippen molar-refractivity contribution < 1.29 is 13.9 Å². The fourth-order valence-electron chi connectivity index (χ4n) is 1.98. The van der Waals surface area contributed by atoms with Crippen LogP contribution in [0.3, 0.4) is 0 Å². The lowest BCUT2D eigenvalue weighted by Crippen LogP contribution is -2.30. The molecule has 5 heteroatoms. The number of anilines is 1. The van der Waals surface area contributed by atoms with Crippen molar-refractivity contribution in [3.05, 3.63) is 54.0 Å². The second-order valence-electron chi connectivity index (χ2n) is 5.15. The third kappa shape index (κ3) is 4.36. The van der Waals surface area contributed by atoms with Gasteiger partial charge in [-0.3, -0.25) is 0 Å². The first-order chi connectivity index (χ1) is 10.3. The Balaban J connectivity index is 1.48. The summed E-state index contributed by atoms with van der Waals surface area (Å²) in [5, 5.41) is 5.72. The summed E-state index contributed by atoms with van der Waals surface area (Å²) in [7, 11) is 0. The van der Waals surface area contributed by atoms with Gasteiger partial charge in [0.25, 0.3) is 0 Å². The molecule has 0 aliphatic heterocycles. The van der Waals surface area contributed by atoms with Crippen molar-refractivity contribution in [1.82, 2.24) is 5.32 Å². The average Bonchev–Trinajstić information content (AvgIpc) is 3.12. The van der Waals surface area contributed by atoms with Gasteiger partial charge in [-0.1, -0.05) is 12.1 Å².